The zero-order chi connectivity index (χ0) is 11.7. The van der Waals surface area contributed by atoms with E-state index in [1.54, 1.807) is 0 Å². The molecule has 7 heteroatoms. The molecule has 0 saturated heterocycles. The molecule has 1 atom stereocenters. The van der Waals surface area contributed by atoms with E-state index in [1.807, 2.05) is 0 Å². The molecule has 1 rings (SSSR count). The number of ether oxygens (including phenoxy) is 1. The number of carbonyl (C=O) groups is 1. The summed E-state index contributed by atoms with van der Waals surface area (Å²) >= 11 is 0. The first-order valence-corrected chi connectivity index (χ1v) is 4.37. The van der Waals surface area contributed by atoms with Gasteiger partial charge in [0.05, 0.1) is 0 Å². The molecular weight excluding hydrogens is 213 g/mol. The Labute approximate surface area is 84.3 Å². The second-order valence-electron chi connectivity index (χ2n) is 3.56. The average Bonchev–Trinajstić information content (AvgIpc) is 2.23. The number of nitrogens with zero attached hydrogens (tertiary/aromatic N) is 1. The molecule has 0 saturated carbocycles. The summed E-state index contributed by atoms with van der Waals surface area (Å²) in [7, 11) is 0. The maximum atomic E-state index is 11.8. The van der Waals surface area contributed by atoms with Crippen LogP contribution in [0.5, 0.6) is 0 Å². The van der Waals surface area contributed by atoms with Crippen molar-refractivity contribution in [2.24, 2.45) is 10.7 Å². The molecule has 1 heterocycles. The smallest absolute Gasteiger partial charge is 0.389 e. The zero-order valence-corrected chi connectivity index (χ0v) is 8.10. The number of hydrogen-bond acceptors (Lipinski definition) is 3. The van der Waals surface area contributed by atoms with Gasteiger partial charge in [0, 0.05) is 6.42 Å². The fourth-order valence-electron chi connectivity index (χ4n) is 1.30. The van der Waals surface area contributed by atoms with Crippen molar-refractivity contribution in [1.82, 2.24) is 0 Å². The molecular formula is C8H11F3N2O2. The summed E-state index contributed by atoms with van der Waals surface area (Å²) in [6, 6.07) is -0.283. The third kappa shape index (κ3) is 3.10. The van der Waals surface area contributed by atoms with Gasteiger partial charge < -0.3 is 10.5 Å². The summed E-state index contributed by atoms with van der Waals surface area (Å²) in [4.78, 5) is 14.5. The fraction of sp³-hybridized carbons (Fsp3) is 0.750. The lowest BCUT2D eigenvalue weighted by Crippen LogP contribution is -2.35. The molecule has 0 spiro atoms. The molecule has 0 fully saturated rings. The Morgan fingerprint density at radius 3 is 2.53 bits per heavy atom. The van der Waals surface area contributed by atoms with E-state index in [0.717, 1.165) is 0 Å². The third-order valence-corrected chi connectivity index (χ3v) is 2.11. The number of rotatable bonds is 3. The molecule has 0 radical (unpaired) electrons. The third-order valence-electron chi connectivity index (χ3n) is 2.11. The van der Waals surface area contributed by atoms with E-state index >= 15 is 0 Å². The summed E-state index contributed by atoms with van der Waals surface area (Å²) in [5, 5.41) is 0. The van der Waals surface area contributed by atoms with Gasteiger partial charge in [0.2, 0.25) is 0 Å². The van der Waals surface area contributed by atoms with Gasteiger partial charge in [-0.1, -0.05) is 0 Å². The molecule has 2 N–H and O–H groups in total. The van der Waals surface area contributed by atoms with Gasteiger partial charge in [0.15, 0.2) is 5.60 Å². The minimum Gasteiger partial charge on any atom is -0.449 e. The number of aliphatic imine (C=N–C) groups is 1. The highest BCUT2D eigenvalue weighted by Gasteiger charge is 2.41. The molecule has 0 aromatic rings. The second-order valence-corrected chi connectivity index (χ2v) is 3.56. The Balaban J connectivity index is 2.43. The van der Waals surface area contributed by atoms with Crippen LogP contribution in [0.25, 0.3) is 0 Å². The molecule has 4 nitrogen and oxygen atoms in total. The van der Waals surface area contributed by atoms with Crippen molar-refractivity contribution >= 4 is 11.9 Å². The van der Waals surface area contributed by atoms with Crippen LogP contribution in [-0.2, 0) is 9.53 Å². The minimum atomic E-state index is -4.22. The number of amides is 1. The van der Waals surface area contributed by atoms with E-state index in [-0.39, 0.29) is 18.9 Å². The van der Waals surface area contributed by atoms with Crippen LogP contribution in [0.2, 0.25) is 0 Å². The number of carbonyl (C=O) groups excluding carboxylic acids is 1. The average molecular weight is 224 g/mol. The summed E-state index contributed by atoms with van der Waals surface area (Å²) < 4.78 is 40.4. The van der Waals surface area contributed by atoms with E-state index in [4.69, 9.17) is 10.5 Å². The largest absolute Gasteiger partial charge is 0.449 e. The van der Waals surface area contributed by atoms with Gasteiger partial charge in [-0.3, -0.25) is 4.79 Å². The maximum Gasteiger partial charge on any atom is 0.389 e. The number of alkyl halides is 3. The van der Waals surface area contributed by atoms with Gasteiger partial charge in [-0.15, -0.1) is 0 Å². The Hall–Kier alpha value is -1.27. The van der Waals surface area contributed by atoms with Gasteiger partial charge in [-0.05, 0) is 19.8 Å². The van der Waals surface area contributed by atoms with Crippen LogP contribution >= 0.6 is 0 Å². The molecule has 0 aliphatic carbocycles. The fourth-order valence-corrected chi connectivity index (χ4v) is 1.30. The van der Waals surface area contributed by atoms with Crippen molar-refractivity contribution in [1.29, 1.82) is 0 Å². The highest BCUT2D eigenvalue weighted by atomic mass is 19.4. The van der Waals surface area contributed by atoms with Gasteiger partial charge >= 0.3 is 6.18 Å². The van der Waals surface area contributed by atoms with Crippen molar-refractivity contribution in [3.8, 4) is 0 Å². The molecule has 0 aromatic carbocycles. The predicted molar refractivity (Wildman–Crippen MR) is 46.0 cm³/mol. The topological polar surface area (TPSA) is 64.7 Å². The molecule has 1 aliphatic heterocycles. The SMILES string of the molecule is CC1(CCCC(F)(F)F)OC(N)=NC1=O. The molecule has 1 amide bonds. The van der Waals surface area contributed by atoms with E-state index in [9.17, 15) is 18.0 Å². The van der Waals surface area contributed by atoms with Crippen LogP contribution < -0.4 is 5.73 Å². The normalized spacial score (nSPS) is 26.4. The Kier molecular flexibility index (Phi) is 2.92. The quantitative estimate of drug-likeness (QED) is 0.786. The lowest BCUT2D eigenvalue weighted by Gasteiger charge is -2.20. The maximum absolute atomic E-state index is 11.8. The van der Waals surface area contributed by atoms with E-state index in [0.29, 0.717) is 0 Å². The van der Waals surface area contributed by atoms with Crippen molar-refractivity contribution in [3.63, 3.8) is 0 Å². The van der Waals surface area contributed by atoms with Crippen LogP contribution in [0, 0.1) is 0 Å². The lowest BCUT2D eigenvalue weighted by molar-refractivity contribution is -0.141. The first kappa shape index (κ1) is 11.8. The Morgan fingerprint density at radius 1 is 1.53 bits per heavy atom. The van der Waals surface area contributed by atoms with Gasteiger partial charge in [0.1, 0.15) is 0 Å². The van der Waals surface area contributed by atoms with Crippen molar-refractivity contribution in [2.75, 3.05) is 0 Å². The molecule has 86 valence electrons. The van der Waals surface area contributed by atoms with Crippen LogP contribution in [0.3, 0.4) is 0 Å². The number of halogens is 3. The molecule has 15 heavy (non-hydrogen) atoms. The first-order valence-electron chi connectivity index (χ1n) is 4.37. The highest BCUT2D eigenvalue weighted by Crippen LogP contribution is 2.29. The molecule has 0 bridgehead atoms. The van der Waals surface area contributed by atoms with E-state index < -0.39 is 24.1 Å². The van der Waals surface area contributed by atoms with E-state index in [2.05, 4.69) is 4.99 Å². The molecule has 0 aromatic heterocycles. The Morgan fingerprint density at radius 2 is 2.13 bits per heavy atom. The summed E-state index contributed by atoms with van der Waals surface area (Å²) in [6.45, 7) is 1.38. The molecule has 1 aliphatic rings. The van der Waals surface area contributed by atoms with Crippen LogP contribution in [0.1, 0.15) is 26.2 Å². The molecule has 1 unspecified atom stereocenters. The number of hydrogen-bond donors (Lipinski definition) is 1. The van der Waals surface area contributed by atoms with Crippen molar-refractivity contribution < 1.29 is 22.7 Å². The number of amidine groups is 1. The highest BCUT2D eigenvalue weighted by molar-refractivity contribution is 6.00. The van der Waals surface area contributed by atoms with Crippen LogP contribution in [0.4, 0.5) is 13.2 Å². The summed E-state index contributed by atoms with van der Waals surface area (Å²) in [5.74, 6) is -0.623. The predicted octanol–water partition coefficient (Wildman–Crippen LogP) is 1.35. The van der Waals surface area contributed by atoms with Gasteiger partial charge in [0.25, 0.3) is 11.9 Å². The van der Waals surface area contributed by atoms with Gasteiger partial charge in [-0.2, -0.15) is 18.2 Å². The zero-order valence-electron chi connectivity index (χ0n) is 8.10. The minimum absolute atomic E-state index is 0.0461. The lowest BCUT2D eigenvalue weighted by atomic mass is 9.98. The van der Waals surface area contributed by atoms with Gasteiger partial charge in [-0.25, -0.2) is 0 Å². The summed E-state index contributed by atoms with van der Waals surface area (Å²) in [6.07, 6.45) is -5.40. The van der Waals surface area contributed by atoms with Crippen LogP contribution in [0.15, 0.2) is 4.99 Å². The van der Waals surface area contributed by atoms with Crippen molar-refractivity contribution in [3.05, 3.63) is 0 Å². The summed E-state index contributed by atoms with van der Waals surface area (Å²) in [5.41, 5.74) is 3.82. The number of nitrogens with two attached hydrogens (primary N) is 1. The Bertz CT molecular complexity index is 301. The second kappa shape index (κ2) is 3.71. The van der Waals surface area contributed by atoms with E-state index in [1.165, 1.54) is 6.92 Å². The standard InChI is InChI=1S/C8H11F3N2O2/c1-7(3-2-4-8(9,10)11)5(14)13-6(12)15-7/h2-4H2,1H3,(H2,12,13,14). The van der Waals surface area contributed by atoms with Crippen LogP contribution in [-0.4, -0.2) is 23.7 Å². The monoisotopic (exact) mass is 224 g/mol. The van der Waals surface area contributed by atoms with Crippen molar-refractivity contribution in [2.45, 2.75) is 38.0 Å². The first-order chi connectivity index (χ1) is 6.73.